The van der Waals surface area contributed by atoms with Crippen LogP contribution in [-0.2, 0) is 0 Å². The van der Waals surface area contributed by atoms with Gasteiger partial charge in [0.25, 0.3) is 5.91 Å². The van der Waals surface area contributed by atoms with Gasteiger partial charge in [-0.1, -0.05) is 12.1 Å². The zero-order chi connectivity index (χ0) is 15.5. The van der Waals surface area contributed by atoms with Gasteiger partial charge < -0.3 is 5.32 Å². The van der Waals surface area contributed by atoms with Crippen molar-refractivity contribution in [3.63, 3.8) is 0 Å². The van der Waals surface area contributed by atoms with Crippen molar-refractivity contribution < 1.29 is 4.79 Å². The fourth-order valence-electron chi connectivity index (χ4n) is 2.13. The van der Waals surface area contributed by atoms with Gasteiger partial charge in [-0.3, -0.25) is 4.79 Å². The lowest BCUT2D eigenvalue weighted by molar-refractivity contribution is 0.102. The Morgan fingerprint density at radius 3 is 2.73 bits per heavy atom. The Labute approximate surface area is 128 Å². The predicted molar refractivity (Wildman–Crippen MR) is 85.2 cm³/mol. The van der Waals surface area contributed by atoms with Gasteiger partial charge in [-0.05, 0) is 49.2 Å². The molecule has 2 aromatic heterocycles. The monoisotopic (exact) mass is 292 g/mol. The first-order chi connectivity index (χ1) is 10.6. The van der Waals surface area contributed by atoms with E-state index in [0.29, 0.717) is 11.4 Å². The lowest BCUT2D eigenvalue weighted by atomic mass is 10.1. The molecule has 22 heavy (non-hydrogen) atoms. The van der Waals surface area contributed by atoms with Gasteiger partial charge in [0.15, 0.2) is 5.82 Å². The number of amides is 1. The molecule has 1 amide bonds. The number of nitrogens with zero attached hydrogens (tertiary/aromatic N) is 3. The third-order valence-corrected chi connectivity index (χ3v) is 3.39. The summed E-state index contributed by atoms with van der Waals surface area (Å²) < 4.78 is 1.65. The van der Waals surface area contributed by atoms with Crippen LogP contribution >= 0.6 is 0 Å². The molecule has 0 spiro atoms. The number of carbonyl (C=O) groups is 1. The van der Waals surface area contributed by atoms with E-state index in [0.717, 1.165) is 16.8 Å². The second-order valence-corrected chi connectivity index (χ2v) is 5.13. The van der Waals surface area contributed by atoms with Crippen LogP contribution in [0.15, 0.2) is 55.0 Å². The molecule has 0 fully saturated rings. The minimum absolute atomic E-state index is 0.173. The number of aryl methyl sites for hydroxylation is 2. The summed E-state index contributed by atoms with van der Waals surface area (Å²) in [6.45, 7) is 3.96. The third kappa shape index (κ3) is 2.88. The first kappa shape index (κ1) is 14.0. The van der Waals surface area contributed by atoms with Crippen LogP contribution in [-0.4, -0.2) is 20.7 Å². The molecule has 0 saturated heterocycles. The third-order valence-electron chi connectivity index (χ3n) is 3.39. The van der Waals surface area contributed by atoms with Crippen molar-refractivity contribution in [2.75, 3.05) is 5.32 Å². The standard InChI is InChI=1S/C17H16N4O/c1-12-4-5-13(2)15(10-12)20-17(22)14-6-7-16(18-11-14)21-9-3-8-19-21/h3-11H,1-2H3,(H,20,22). The van der Waals surface area contributed by atoms with E-state index >= 15 is 0 Å². The summed E-state index contributed by atoms with van der Waals surface area (Å²) in [4.78, 5) is 16.6. The van der Waals surface area contributed by atoms with Crippen LogP contribution in [0.2, 0.25) is 0 Å². The van der Waals surface area contributed by atoms with Crippen molar-refractivity contribution in [3.8, 4) is 5.82 Å². The van der Waals surface area contributed by atoms with Gasteiger partial charge in [-0.25, -0.2) is 9.67 Å². The van der Waals surface area contributed by atoms with Crippen molar-refractivity contribution in [1.29, 1.82) is 0 Å². The molecule has 0 aliphatic rings. The van der Waals surface area contributed by atoms with Gasteiger partial charge in [0, 0.05) is 24.3 Å². The maximum absolute atomic E-state index is 12.3. The first-order valence-electron chi connectivity index (χ1n) is 6.98. The largest absolute Gasteiger partial charge is 0.322 e. The van der Waals surface area contributed by atoms with Crippen LogP contribution < -0.4 is 5.32 Å². The fourth-order valence-corrected chi connectivity index (χ4v) is 2.13. The van der Waals surface area contributed by atoms with Crippen molar-refractivity contribution >= 4 is 11.6 Å². The van der Waals surface area contributed by atoms with Crippen LogP contribution in [0.3, 0.4) is 0 Å². The predicted octanol–water partition coefficient (Wildman–Crippen LogP) is 3.14. The maximum Gasteiger partial charge on any atom is 0.257 e. The summed E-state index contributed by atoms with van der Waals surface area (Å²) in [6.07, 6.45) is 5.04. The Bertz CT molecular complexity index is 792. The molecule has 3 rings (SSSR count). The van der Waals surface area contributed by atoms with E-state index in [-0.39, 0.29) is 5.91 Å². The van der Waals surface area contributed by atoms with Gasteiger partial charge in [0.05, 0.1) is 5.56 Å². The number of aromatic nitrogens is 3. The van der Waals surface area contributed by atoms with Crippen molar-refractivity contribution in [3.05, 3.63) is 71.7 Å². The molecule has 110 valence electrons. The van der Waals surface area contributed by atoms with E-state index in [1.54, 1.807) is 35.4 Å². The Morgan fingerprint density at radius 2 is 2.05 bits per heavy atom. The van der Waals surface area contributed by atoms with Crippen LogP contribution in [0.5, 0.6) is 0 Å². The topological polar surface area (TPSA) is 59.8 Å². The minimum atomic E-state index is -0.173. The van der Waals surface area contributed by atoms with Crippen LogP contribution in [0.25, 0.3) is 5.82 Å². The van der Waals surface area contributed by atoms with Gasteiger partial charge in [-0.15, -0.1) is 0 Å². The Hall–Kier alpha value is -2.95. The van der Waals surface area contributed by atoms with Gasteiger partial charge in [0.1, 0.15) is 0 Å². The van der Waals surface area contributed by atoms with E-state index < -0.39 is 0 Å². The molecule has 1 aromatic carbocycles. The lowest BCUT2D eigenvalue weighted by Crippen LogP contribution is -2.13. The SMILES string of the molecule is Cc1ccc(C)c(NC(=O)c2ccc(-n3cccn3)nc2)c1. The van der Waals surface area contributed by atoms with Crippen molar-refractivity contribution in [2.24, 2.45) is 0 Å². The molecule has 3 aromatic rings. The van der Waals surface area contributed by atoms with Crippen LogP contribution in [0, 0.1) is 13.8 Å². The molecular formula is C17H16N4O. The average molecular weight is 292 g/mol. The minimum Gasteiger partial charge on any atom is -0.322 e. The summed E-state index contributed by atoms with van der Waals surface area (Å²) in [7, 11) is 0. The zero-order valence-corrected chi connectivity index (χ0v) is 12.4. The van der Waals surface area contributed by atoms with Crippen LogP contribution in [0.4, 0.5) is 5.69 Å². The Kier molecular flexibility index (Phi) is 3.70. The highest BCUT2D eigenvalue weighted by molar-refractivity contribution is 6.04. The van der Waals surface area contributed by atoms with Crippen molar-refractivity contribution in [2.45, 2.75) is 13.8 Å². The Balaban J connectivity index is 1.79. The molecule has 2 heterocycles. The number of hydrogen-bond acceptors (Lipinski definition) is 3. The average Bonchev–Trinajstić information content (AvgIpc) is 3.05. The number of nitrogens with one attached hydrogen (secondary N) is 1. The summed E-state index contributed by atoms with van der Waals surface area (Å²) in [5.74, 6) is 0.501. The van der Waals surface area contributed by atoms with Crippen molar-refractivity contribution in [1.82, 2.24) is 14.8 Å². The zero-order valence-electron chi connectivity index (χ0n) is 12.4. The van der Waals surface area contributed by atoms with Gasteiger partial charge in [-0.2, -0.15) is 5.10 Å². The summed E-state index contributed by atoms with van der Waals surface area (Å²) in [5.41, 5.74) is 3.46. The summed E-state index contributed by atoms with van der Waals surface area (Å²) in [5, 5.41) is 7.02. The smallest absolute Gasteiger partial charge is 0.257 e. The highest BCUT2D eigenvalue weighted by Crippen LogP contribution is 2.17. The molecule has 5 nitrogen and oxygen atoms in total. The quantitative estimate of drug-likeness (QED) is 0.806. The molecule has 1 N–H and O–H groups in total. The normalized spacial score (nSPS) is 10.5. The van der Waals surface area contributed by atoms with Gasteiger partial charge in [0.2, 0.25) is 0 Å². The number of benzene rings is 1. The molecule has 5 heteroatoms. The number of pyridine rings is 1. The molecule has 0 saturated carbocycles. The molecule has 0 aliphatic carbocycles. The second-order valence-electron chi connectivity index (χ2n) is 5.13. The Morgan fingerprint density at radius 1 is 1.18 bits per heavy atom. The molecule has 0 bridgehead atoms. The second kappa shape index (κ2) is 5.81. The van der Waals surface area contributed by atoms with E-state index in [2.05, 4.69) is 15.4 Å². The van der Waals surface area contributed by atoms with Crippen LogP contribution in [0.1, 0.15) is 21.5 Å². The molecule has 0 radical (unpaired) electrons. The van der Waals surface area contributed by atoms with E-state index in [4.69, 9.17) is 0 Å². The number of anilines is 1. The fraction of sp³-hybridized carbons (Fsp3) is 0.118. The molecular weight excluding hydrogens is 276 g/mol. The van der Waals surface area contributed by atoms with E-state index in [1.165, 1.54) is 0 Å². The van der Waals surface area contributed by atoms with Gasteiger partial charge >= 0.3 is 0 Å². The maximum atomic E-state index is 12.3. The van der Waals surface area contributed by atoms with E-state index in [1.807, 2.05) is 38.1 Å². The summed E-state index contributed by atoms with van der Waals surface area (Å²) >= 11 is 0. The highest BCUT2D eigenvalue weighted by atomic mass is 16.1. The lowest BCUT2D eigenvalue weighted by Gasteiger charge is -2.09. The summed E-state index contributed by atoms with van der Waals surface area (Å²) in [6, 6.07) is 11.3. The first-order valence-corrected chi connectivity index (χ1v) is 6.98. The molecule has 0 atom stereocenters. The molecule has 0 unspecified atom stereocenters. The number of rotatable bonds is 3. The van der Waals surface area contributed by atoms with E-state index in [9.17, 15) is 4.79 Å². The number of hydrogen-bond donors (Lipinski definition) is 1. The highest BCUT2D eigenvalue weighted by Gasteiger charge is 2.09. The number of carbonyl (C=O) groups excluding carboxylic acids is 1. The molecule has 0 aliphatic heterocycles.